The van der Waals surface area contributed by atoms with Crippen LogP contribution in [0, 0.1) is 5.92 Å². The molecule has 0 radical (unpaired) electrons. The number of carboxylic acid groups (broad SMARTS) is 1. The first-order valence-corrected chi connectivity index (χ1v) is 5.72. The van der Waals surface area contributed by atoms with Gasteiger partial charge in [-0.2, -0.15) is 5.01 Å². The second-order valence-corrected chi connectivity index (χ2v) is 4.51. The maximum atomic E-state index is 11.6. The van der Waals surface area contributed by atoms with Gasteiger partial charge in [-0.05, 0) is 12.8 Å². The molecular weight excluding hydrogens is 242 g/mol. The Morgan fingerprint density at radius 1 is 1.28 bits per heavy atom. The van der Waals surface area contributed by atoms with E-state index in [2.05, 4.69) is 5.16 Å². The molecule has 2 amide bonds. The highest BCUT2D eigenvalue weighted by Crippen LogP contribution is 2.36. The van der Waals surface area contributed by atoms with Gasteiger partial charge in [-0.1, -0.05) is 5.16 Å². The molecule has 1 aliphatic carbocycles. The van der Waals surface area contributed by atoms with Crippen LogP contribution in [-0.4, -0.2) is 44.8 Å². The Morgan fingerprint density at radius 3 is 2.39 bits per heavy atom. The van der Waals surface area contributed by atoms with E-state index < -0.39 is 23.8 Å². The number of amides is 2. The van der Waals surface area contributed by atoms with Crippen molar-refractivity contribution in [2.24, 2.45) is 11.1 Å². The molecule has 2 fully saturated rings. The van der Waals surface area contributed by atoms with Crippen LogP contribution in [0.15, 0.2) is 5.16 Å². The van der Waals surface area contributed by atoms with Crippen LogP contribution in [0.25, 0.3) is 0 Å². The maximum Gasteiger partial charge on any atom is 0.332 e. The number of oxime groups is 1. The lowest BCUT2D eigenvalue weighted by Gasteiger charge is -2.25. The third kappa shape index (κ3) is 1.57. The minimum atomic E-state index is -1.18. The number of imide groups is 1. The summed E-state index contributed by atoms with van der Waals surface area (Å²) in [5.41, 5.74) is 0.384. The summed E-state index contributed by atoms with van der Waals surface area (Å²) in [5, 5.41) is 14.5. The molecule has 3 rings (SSSR count). The highest BCUT2D eigenvalue weighted by atomic mass is 16.8. The van der Waals surface area contributed by atoms with E-state index in [-0.39, 0.29) is 18.8 Å². The van der Waals surface area contributed by atoms with E-state index in [1.54, 1.807) is 0 Å². The number of hydrogen-bond acceptors (Lipinski definition) is 6. The van der Waals surface area contributed by atoms with Crippen molar-refractivity contribution in [3.8, 4) is 0 Å². The van der Waals surface area contributed by atoms with Crippen molar-refractivity contribution in [2.45, 2.75) is 31.7 Å². The number of aliphatic carboxylic acids is 1. The lowest BCUT2D eigenvalue weighted by Crippen LogP contribution is -2.53. The molecule has 1 N–H and O–H groups in total. The molecule has 8 heteroatoms. The van der Waals surface area contributed by atoms with E-state index in [9.17, 15) is 19.5 Å². The summed E-state index contributed by atoms with van der Waals surface area (Å²) in [5.74, 6) is -2.01. The number of nitrogens with zero attached hydrogens (tertiary/aromatic N) is 3. The number of hydrazine groups is 1. The molecule has 96 valence electrons. The average molecular weight is 253 g/mol. The van der Waals surface area contributed by atoms with Crippen LogP contribution in [0.3, 0.4) is 0 Å². The van der Waals surface area contributed by atoms with Crippen molar-refractivity contribution >= 4 is 23.5 Å². The van der Waals surface area contributed by atoms with Gasteiger partial charge in [0.05, 0.1) is 5.71 Å². The zero-order chi connectivity index (χ0) is 12.9. The van der Waals surface area contributed by atoms with Gasteiger partial charge < -0.3 is 5.11 Å². The average Bonchev–Trinajstić information content (AvgIpc) is 2.99. The Kier molecular flexibility index (Phi) is 2.34. The van der Waals surface area contributed by atoms with E-state index in [0.29, 0.717) is 5.71 Å². The Hall–Kier alpha value is -1.96. The van der Waals surface area contributed by atoms with E-state index in [4.69, 9.17) is 4.94 Å². The summed E-state index contributed by atoms with van der Waals surface area (Å²) in [6, 6.07) is -1.18. The topological polar surface area (TPSA) is 99.5 Å². The van der Waals surface area contributed by atoms with Crippen LogP contribution in [0.2, 0.25) is 0 Å². The highest BCUT2D eigenvalue weighted by molar-refractivity contribution is 6.09. The van der Waals surface area contributed by atoms with Gasteiger partial charge in [-0.25, -0.2) is 4.79 Å². The van der Waals surface area contributed by atoms with Crippen molar-refractivity contribution in [3.05, 3.63) is 0 Å². The predicted molar refractivity (Wildman–Crippen MR) is 55.6 cm³/mol. The van der Waals surface area contributed by atoms with Gasteiger partial charge in [0.15, 0.2) is 0 Å². The van der Waals surface area contributed by atoms with Crippen LogP contribution in [0.1, 0.15) is 25.7 Å². The largest absolute Gasteiger partial charge is 0.480 e. The summed E-state index contributed by atoms with van der Waals surface area (Å²) < 4.78 is 0. The molecule has 2 aliphatic heterocycles. The van der Waals surface area contributed by atoms with E-state index in [0.717, 1.165) is 23.0 Å². The molecule has 18 heavy (non-hydrogen) atoms. The Balaban J connectivity index is 1.87. The third-order valence-corrected chi connectivity index (χ3v) is 3.18. The summed E-state index contributed by atoms with van der Waals surface area (Å²) in [6.45, 7) is 0. The van der Waals surface area contributed by atoms with Gasteiger partial charge in [-0.3, -0.25) is 14.5 Å². The molecule has 2 heterocycles. The molecule has 1 saturated heterocycles. The lowest BCUT2D eigenvalue weighted by molar-refractivity contribution is -0.261. The van der Waals surface area contributed by atoms with Gasteiger partial charge in [-0.15, -0.1) is 0 Å². The number of carbonyl (C=O) groups excluding carboxylic acids is 2. The van der Waals surface area contributed by atoms with Crippen molar-refractivity contribution in [3.63, 3.8) is 0 Å². The highest BCUT2D eigenvalue weighted by Gasteiger charge is 2.51. The Bertz CT molecular complexity index is 454. The molecule has 0 aromatic rings. The van der Waals surface area contributed by atoms with Gasteiger partial charge in [0.25, 0.3) is 0 Å². The summed E-state index contributed by atoms with van der Waals surface area (Å²) in [7, 11) is 0. The first-order valence-electron chi connectivity index (χ1n) is 5.72. The third-order valence-electron chi connectivity index (χ3n) is 3.18. The zero-order valence-corrected chi connectivity index (χ0v) is 9.40. The van der Waals surface area contributed by atoms with Crippen LogP contribution >= 0.6 is 0 Å². The van der Waals surface area contributed by atoms with Crippen molar-refractivity contribution < 1.29 is 24.4 Å². The Morgan fingerprint density at radius 2 is 1.89 bits per heavy atom. The zero-order valence-electron chi connectivity index (χ0n) is 9.40. The van der Waals surface area contributed by atoms with Gasteiger partial charge in [0.2, 0.25) is 17.9 Å². The first kappa shape index (κ1) is 11.1. The van der Waals surface area contributed by atoms with E-state index >= 15 is 0 Å². The normalized spacial score (nSPS) is 28.6. The van der Waals surface area contributed by atoms with Crippen LogP contribution in [0.4, 0.5) is 0 Å². The number of carboxylic acids is 1. The molecule has 0 bridgehead atoms. The van der Waals surface area contributed by atoms with E-state index in [1.165, 1.54) is 0 Å². The molecule has 0 spiro atoms. The second kappa shape index (κ2) is 3.77. The molecule has 1 unspecified atom stereocenters. The monoisotopic (exact) mass is 253 g/mol. The fourth-order valence-electron chi connectivity index (χ4n) is 2.13. The van der Waals surface area contributed by atoms with Gasteiger partial charge in [0, 0.05) is 23.9 Å². The summed E-state index contributed by atoms with van der Waals surface area (Å²) >= 11 is 0. The van der Waals surface area contributed by atoms with Crippen molar-refractivity contribution in [1.29, 1.82) is 0 Å². The minimum absolute atomic E-state index is 0.0732. The number of hydroxylamine groups is 1. The van der Waals surface area contributed by atoms with Crippen molar-refractivity contribution in [1.82, 2.24) is 10.2 Å². The van der Waals surface area contributed by atoms with Crippen molar-refractivity contribution in [2.75, 3.05) is 0 Å². The molecule has 1 saturated carbocycles. The smallest absolute Gasteiger partial charge is 0.332 e. The molecular formula is C10H11N3O5. The van der Waals surface area contributed by atoms with Crippen LogP contribution in [0.5, 0.6) is 0 Å². The van der Waals surface area contributed by atoms with Crippen LogP contribution < -0.4 is 0 Å². The maximum absolute atomic E-state index is 11.6. The molecule has 0 aromatic carbocycles. The first-order chi connectivity index (χ1) is 8.59. The minimum Gasteiger partial charge on any atom is -0.480 e. The standard InChI is InChI=1S/C10H11N3O5/c14-6-3-4-7(15)12(6)13-9(10(16)17)8(11-18-13)5-1-2-5/h5,9H,1-4H2,(H,16,17). The number of hydrogen-bond donors (Lipinski definition) is 1. The van der Waals surface area contributed by atoms with Gasteiger partial charge >= 0.3 is 5.97 Å². The SMILES string of the molecule is O=C(O)C1C(C2CC2)=NON1N1C(=O)CCC1=O. The van der Waals surface area contributed by atoms with Gasteiger partial charge in [0.1, 0.15) is 0 Å². The molecule has 8 nitrogen and oxygen atoms in total. The molecule has 1 atom stereocenters. The summed E-state index contributed by atoms with van der Waals surface area (Å²) in [6.07, 6.45) is 1.87. The molecule has 0 aromatic heterocycles. The lowest BCUT2D eigenvalue weighted by atomic mass is 10.1. The fourth-order valence-corrected chi connectivity index (χ4v) is 2.13. The Labute approximate surface area is 102 Å². The summed E-state index contributed by atoms with van der Waals surface area (Å²) in [4.78, 5) is 39.3. The second-order valence-electron chi connectivity index (χ2n) is 4.51. The predicted octanol–water partition coefficient (Wildman–Crippen LogP) is -0.483. The van der Waals surface area contributed by atoms with E-state index in [1.807, 2.05) is 0 Å². The number of rotatable bonds is 3. The number of carbonyl (C=O) groups is 3. The quantitative estimate of drug-likeness (QED) is 0.682. The van der Waals surface area contributed by atoms with Crippen LogP contribution in [-0.2, 0) is 19.3 Å². The molecule has 3 aliphatic rings. The fraction of sp³-hybridized carbons (Fsp3) is 0.600.